The molecule has 0 bridgehead atoms. The molecule has 0 saturated carbocycles. The van der Waals surface area contributed by atoms with Gasteiger partial charge in [-0.1, -0.05) is 15.9 Å². The predicted molar refractivity (Wildman–Crippen MR) is 56.1 cm³/mol. The highest BCUT2D eigenvalue weighted by Crippen LogP contribution is 2.22. The smallest absolute Gasteiger partial charge is 0.122 e. The Morgan fingerprint density at radius 2 is 2.23 bits per heavy atom. The molecule has 0 aromatic heterocycles. The molecule has 0 heterocycles. The quantitative estimate of drug-likeness (QED) is 0.886. The van der Waals surface area contributed by atoms with Crippen LogP contribution in [0.4, 0.5) is 0 Å². The van der Waals surface area contributed by atoms with E-state index in [-0.39, 0.29) is 12.7 Å². The lowest BCUT2D eigenvalue weighted by Gasteiger charge is -2.13. The maximum absolute atomic E-state index is 8.81. The van der Waals surface area contributed by atoms with E-state index in [9.17, 15) is 0 Å². The van der Waals surface area contributed by atoms with Crippen LogP contribution in [0.15, 0.2) is 22.7 Å². The van der Waals surface area contributed by atoms with Gasteiger partial charge < -0.3 is 9.84 Å². The monoisotopic (exact) mass is 244 g/mol. The molecule has 13 heavy (non-hydrogen) atoms. The number of hydrogen-bond acceptors (Lipinski definition) is 2. The Kier molecular flexibility index (Phi) is 3.75. The van der Waals surface area contributed by atoms with E-state index in [4.69, 9.17) is 9.84 Å². The number of aliphatic hydroxyl groups is 1. The van der Waals surface area contributed by atoms with E-state index in [0.29, 0.717) is 0 Å². The molecule has 1 aromatic rings. The summed E-state index contributed by atoms with van der Waals surface area (Å²) in [6, 6.07) is 5.80. The van der Waals surface area contributed by atoms with E-state index >= 15 is 0 Å². The lowest BCUT2D eigenvalue weighted by atomic mass is 10.2. The average molecular weight is 245 g/mol. The van der Waals surface area contributed by atoms with Crippen molar-refractivity contribution in [3.05, 3.63) is 28.2 Å². The molecule has 1 atom stereocenters. The molecular formula is C10H13BrO2. The molecule has 0 fully saturated rings. The van der Waals surface area contributed by atoms with Crippen LogP contribution in [-0.4, -0.2) is 17.8 Å². The van der Waals surface area contributed by atoms with Crippen LogP contribution in [0.25, 0.3) is 0 Å². The van der Waals surface area contributed by atoms with Gasteiger partial charge in [-0.15, -0.1) is 0 Å². The van der Waals surface area contributed by atoms with Crippen LogP contribution in [0.3, 0.4) is 0 Å². The largest absolute Gasteiger partial charge is 0.488 e. The summed E-state index contributed by atoms with van der Waals surface area (Å²) in [6.45, 7) is 3.85. The van der Waals surface area contributed by atoms with Gasteiger partial charge in [-0.25, -0.2) is 0 Å². The number of hydrogen-bond donors (Lipinski definition) is 1. The van der Waals surface area contributed by atoms with Crippen LogP contribution < -0.4 is 4.74 Å². The fourth-order valence-corrected chi connectivity index (χ4v) is 1.47. The summed E-state index contributed by atoms with van der Waals surface area (Å²) in [5, 5.41) is 8.81. The lowest BCUT2D eigenvalue weighted by Crippen LogP contribution is -2.16. The van der Waals surface area contributed by atoms with Gasteiger partial charge in [-0.2, -0.15) is 0 Å². The molecule has 72 valence electrons. The molecule has 0 unspecified atom stereocenters. The summed E-state index contributed by atoms with van der Waals surface area (Å²) < 4.78 is 6.51. The zero-order valence-corrected chi connectivity index (χ0v) is 9.34. The van der Waals surface area contributed by atoms with Gasteiger partial charge in [0, 0.05) is 4.47 Å². The van der Waals surface area contributed by atoms with Gasteiger partial charge in [0.25, 0.3) is 0 Å². The second-order valence-electron chi connectivity index (χ2n) is 3.02. The maximum atomic E-state index is 8.81. The highest BCUT2D eigenvalue weighted by Gasteiger charge is 2.04. The summed E-state index contributed by atoms with van der Waals surface area (Å²) >= 11 is 3.37. The zero-order chi connectivity index (χ0) is 9.84. The Morgan fingerprint density at radius 1 is 1.54 bits per heavy atom. The van der Waals surface area contributed by atoms with Gasteiger partial charge in [-0.3, -0.25) is 0 Å². The molecule has 3 heteroatoms. The molecule has 2 nitrogen and oxygen atoms in total. The van der Waals surface area contributed by atoms with Gasteiger partial charge in [0.15, 0.2) is 0 Å². The second kappa shape index (κ2) is 4.63. The van der Waals surface area contributed by atoms with E-state index in [1.807, 2.05) is 32.0 Å². The van der Waals surface area contributed by atoms with Crippen molar-refractivity contribution < 1.29 is 9.84 Å². The molecule has 0 radical (unpaired) electrons. The minimum absolute atomic E-state index is 0.0372. The van der Waals surface area contributed by atoms with Crippen LogP contribution >= 0.6 is 15.9 Å². The highest BCUT2D eigenvalue weighted by molar-refractivity contribution is 9.10. The Bertz CT molecular complexity index is 286. The van der Waals surface area contributed by atoms with E-state index in [2.05, 4.69) is 15.9 Å². The molecule has 1 rings (SSSR count). The van der Waals surface area contributed by atoms with E-state index in [1.54, 1.807) is 0 Å². The van der Waals surface area contributed by atoms with E-state index < -0.39 is 0 Å². The number of benzene rings is 1. The summed E-state index contributed by atoms with van der Waals surface area (Å²) in [5.41, 5.74) is 1.06. The fourth-order valence-electron chi connectivity index (χ4n) is 0.999. The number of aryl methyl sites for hydroxylation is 1. The molecule has 0 aliphatic rings. The first kappa shape index (κ1) is 10.5. The molecule has 0 aliphatic heterocycles. The molecule has 0 amide bonds. The number of halogens is 1. The van der Waals surface area contributed by atoms with Crippen LogP contribution in [0, 0.1) is 6.92 Å². The number of ether oxygens (including phenoxy) is 1. The van der Waals surface area contributed by atoms with Crippen molar-refractivity contribution in [3.8, 4) is 5.75 Å². The molecule has 1 N–H and O–H groups in total. The standard InChI is InChI=1S/C10H13BrO2/c1-7-5-9(11)3-4-10(7)13-8(2)6-12/h3-5,8,12H,6H2,1-2H3/t8-/m0/s1. The van der Waals surface area contributed by atoms with E-state index in [0.717, 1.165) is 15.8 Å². The number of rotatable bonds is 3. The predicted octanol–water partition coefficient (Wildman–Crippen LogP) is 2.52. The van der Waals surface area contributed by atoms with Crippen LogP contribution in [0.1, 0.15) is 12.5 Å². The van der Waals surface area contributed by atoms with Crippen molar-refractivity contribution in [1.82, 2.24) is 0 Å². The first-order valence-corrected chi connectivity index (χ1v) is 4.96. The Morgan fingerprint density at radius 3 is 2.77 bits per heavy atom. The Balaban J connectivity index is 2.77. The molecule has 1 aromatic carbocycles. The van der Waals surface area contributed by atoms with Crippen molar-refractivity contribution in [1.29, 1.82) is 0 Å². The van der Waals surface area contributed by atoms with Crippen molar-refractivity contribution >= 4 is 15.9 Å². The average Bonchev–Trinajstić information content (AvgIpc) is 2.09. The van der Waals surface area contributed by atoms with Gasteiger partial charge in [0.05, 0.1) is 6.61 Å². The topological polar surface area (TPSA) is 29.5 Å². The van der Waals surface area contributed by atoms with Gasteiger partial charge >= 0.3 is 0 Å². The molecular weight excluding hydrogens is 232 g/mol. The summed E-state index contributed by atoms with van der Waals surface area (Å²) in [4.78, 5) is 0. The SMILES string of the molecule is Cc1cc(Br)ccc1O[C@@H](C)CO. The number of aliphatic hydroxyl groups excluding tert-OH is 1. The summed E-state index contributed by atoms with van der Waals surface area (Å²) in [5.74, 6) is 0.824. The van der Waals surface area contributed by atoms with Gasteiger partial charge in [0.2, 0.25) is 0 Å². The first-order chi connectivity index (χ1) is 6.13. The summed E-state index contributed by atoms with van der Waals surface area (Å²) in [7, 11) is 0. The normalized spacial score (nSPS) is 12.6. The third kappa shape index (κ3) is 3.01. The van der Waals surface area contributed by atoms with Crippen LogP contribution in [-0.2, 0) is 0 Å². The fraction of sp³-hybridized carbons (Fsp3) is 0.400. The Hall–Kier alpha value is -0.540. The molecule has 0 aliphatic carbocycles. The summed E-state index contributed by atoms with van der Waals surface area (Å²) in [6.07, 6.45) is -0.153. The Labute approximate surface area is 86.7 Å². The van der Waals surface area contributed by atoms with Crippen molar-refractivity contribution in [2.75, 3.05) is 6.61 Å². The second-order valence-corrected chi connectivity index (χ2v) is 3.94. The molecule has 0 saturated heterocycles. The van der Waals surface area contributed by atoms with Crippen molar-refractivity contribution in [3.63, 3.8) is 0 Å². The van der Waals surface area contributed by atoms with Gasteiger partial charge in [-0.05, 0) is 37.6 Å². The minimum Gasteiger partial charge on any atom is -0.488 e. The van der Waals surface area contributed by atoms with Crippen molar-refractivity contribution in [2.45, 2.75) is 20.0 Å². The van der Waals surface area contributed by atoms with E-state index in [1.165, 1.54) is 0 Å². The third-order valence-corrected chi connectivity index (χ3v) is 2.22. The zero-order valence-electron chi connectivity index (χ0n) is 7.75. The maximum Gasteiger partial charge on any atom is 0.122 e. The van der Waals surface area contributed by atoms with Gasteiger partial charge in [0.1, 0.15) is 11.9 Å². The first-order valence-electron chi connectivity index (χ1n) is 4.17. The van der Waals surface area contributed by atoms with Crippen molar-refractivity contribution in [2.24, 2.45) is 0 Å². The molecule has 0 spiro atoms. The van der Waals surface area contributed by atoms with Crippen LogP contribution in [0.5, 0.6) is 5.75 Å². The van der Waals surface area contributed by atoms with Crippen LogP contribution in [0.2, 0.25) is 0 Å². The lowest BCUT2D eigenvalue weighted by molar-refractivity contribution is 0.129. The minimum atomic E-state index is -0.153. The third-order valence-electron chi connectivity index (χ3n) is 1.72. The highest BCUT2D eigenvalue weighted by atomic mass is 79.9.